The van der Waals surface area contributed by atoms with Crippen molar-refractivity contribution in [2.75, 3.05) is 12.5 Å². The summed E-state index contributed by atoms with van der Waals surface area (Å²) in [5.74, 6) is 7.20. The Hall–Kier alpha value is -1.66. The first-order chi connectivity index (χ1) is 8.24. The highest BCUT2D eigenvalue weighted by atomic mass is 79.9. The smallest absolute Gasteiger partial charge is 0.162 e. The van der Waals surface area contributed by atoms with Gasteiger partial charge in [-0.15, -0.1) is 0 Å². The number of halogens is 1. The lowest BCUT2D eigenvalue weighted by Gasteiger charge is -2.07. The number of anilines is 1. The predicted octanol–water partition coefficient (Wildman–Crippen LogP) is 2.20. The fourth-order valence-electron chi connectivity index (χ4n) is 1.37. The highest BCUT2D eigenvalue weighted by molar-refractivity contribution is 9.10. The monoisotopic (exact) mass is 294 g/mol. The zero-order valence-corrected chi connectivity index (χ0v) is 10.7. The van der Waals surface area contributed by atoms with E-state index in [0.29, 0.717) is 11.6 Å². The molecule has 17 heavy (non-hydrogen) atoms. The van der Waals surface area contributed by atoms with E-state index in [-0.39, 0.29) is 0 Å². The van der Waals surface area contributed by atoms with Crippen molar-refractivity contribution in [2.24, 2.45) is 5.84 Å². The molecule has 88 valence electrons. The van der Waals surface area contributed by atoms with Crippen LogP contribution in [-0.4, -0.2) is 17.1 Å². The molecule has 0 radical (unpaired) electrons. The largest absolute Gasteiger partial charge is 0.497 e. The highest BCUT2D eigenvalue weighted by Gasteiger charge is 2.08. The number of hydrazine groups is 1. The van der Waals surface area contributed by atoms with Gasteiger partial charge in [-0.25, -0.2) is 15.8 Å². The number of benzene rings is 1. The Labute approximate surface area is 107 Å². The molecule has 0 amide bonds. The Bertz CT molecular complexity index is 533. The average Bonchev–Trinajstić information content (AvgIpc) is 2.39. The molecule has 0 atom stereocenters. The number of methoxy groups -OCH3 is 1. The van der Waals surface area contributed by atoms with Crippen molar-refractivity contribution in [1.29, 1.82) is 0 Å². The number of hydrogen-bond acceptors (Lipinski definition) is 5. The number of nitrogen functional groups attached to an aromatic ring is 1. The second-order valence-electron chi connectivity index (χ2n) is 3.26. The van der Waals surface area contributed by atoms with Crippen molar-refractivity contribution in [3.63, 3.8) is 0 Å². The summed E-state index contributed by atoms with van der Waals surface area (Å²) in [4.78, 5) is 8.47. The summed E-state index contributed by atoms with van der Waals surface area (Å²) in [5, 5.41) is 0. The van der Waals surface area contributed by atoms with Gasteiger partial charge in [0.15, 0.2) is 5.82 Å². The van der Waals surface area contributed by atoms with Gasteiger partial charge in [-0.1, -0.05) is 15.9 Å². The van der Waals surface area contributed by atoms with Crippen molar-refractivity contribution in [3.05, 3.63) is 34.9 Å². The maximum Gasteiger partial charge on any atom is 0.162 e. The molecule has 3 N–H and O–H groups in total. The maximum atomic E-state index is 5.31. The van der Waals surface area contributed by atoms with Crippen molar-refractivity contribution in [2.45, 2.75) is 0 Å². The van der Waals surface area contributed by atoms with Crippen molar-refractivity contribution in [3.8, 4) is 17.1 Å². The SMILES string of the molecule is COc1ccc(Br)c(-c2nccc(NN)n2)c1. The molecule has 0 unspecified atom stereocenters. The molecule has 0 aliphatic rings. The van der Waals surface area contributed by atoms with E-state index in [1.807, 2.05) is 18.2 Å². The molecule has 0 aliphatic carbocycles. The van der Waals surface area contributed by atoms with Gasteiger partial charge in [0.05, 0.1) is 7.11 Å². The molecule has 0 bridgehead atoms. The van der Waals surface area contributed by atoms with E-state index in [9.17, 15) is 0 Å². The van der Waals surface area contributed by atoms with Gasteiger partial charge in [-0.3, -0.25) is 0 Å². The van der Waals surface area contributed by atoms with Crippen molar-refractivity contribution >= 4 is 21.7 Å². The van der Waals surface area contributed by atoms with Gasteiger partial charge in [0.25, 0.3) is 0 Å². The van der Waals surface area contributed by atoms with Crippen LogP contribution in [0.3, 0.4) is 0 Å². The first kappa shape index (κ1) is 11.8. The van der Waals surface area contributed by atoms with E-state index in [4.69, 9.17) is 10.6 Å². The minimum atomic E-state index is 0.560. The predicted molar refractivity (Wildman–Crippen MR) is 69.5 cm³/mol. The second kappa shape index (κ2) is 5.11. The topological polar surface area (TPSA) is 73.1 Å². The van der Waals surface area contributed by atoms with Crippen LogP contribution in [0.2, 0.25) is 0 Å². The third-order valence-corrected chi connectivity index (χ3v) is 2.91. The summed E-state index contributed by atoms with van der Waals surface area (Å²) in [6.07, 6.45) is 1.64. The molecule has 6 heteroatoms. The van der Waals surface area contributed by atoms with Crippen molar-refractivity contribution in [1.82, 2.24) is 9.97 Å². The number of rotatable bonds is 3. The fraction of sp³-hybridized carbons (Fsp3) is 0.0909. The summed E-state index contributed by atoms with van der Waals surface area (Å²) in [5.41, 5.74) is 3.34. The molecule has 1 aromatic carbocycles. The van der Waals surface area contributed by atoms with E-state index in [0.717, 1.165) is 15.8 Å². The fourth-order valence-corrected chi connectivity index (χ4v) is 1.80. The van der Waals surface area contributed by atoms with E-state index < -0.39 is 0 Å². The summed E-state index contributed by atoms with van der Waals surface area (Å²) in [6, 6.07) is 7.30. The molecule has 5 nitrogen and oxygen atoms in total. The van der Waals surface area contributed by atoms with Crippen LogP contribution in [0.4, 0.5) is 5.82 Å². The second-order valence-corrected chi connectivity index (χ2v) is 4.11. The Morgan fingerprint density at radius 2 is 2.18 bits per heavy atom. The van der Waals surface area contributed by atoms with Gasteiger partial charge in [0.1, 0.15) is 11.6 Å². The molecular formula is C11H11BrN4O. The van der Waals surface area contributed by atoms with Gasteiger partial charge in [-0.05, 0) is 18.2 Å². The summed E-state index contributed by atoms with van der Waals surface area (Å²) >= 11 is 3.46. The van der Waals surface area contributed by atoms with Gasteiger partial charge < -0.3 is 10.2 Å². The van der Waals surface area contributed by atoms with E-state index in [1.54, 1.807) is 19.4 Å². The van der Waals surface area contributed by atoms with Gasteiger partial charge in [0, 0.05) is 22.3 Å². The zero-order valence-electron chi connectivity index (χ0n) is 9.14. The molecule has 2 rings (SSSR count). The van der Waals surface area contributed by atoms with Crippen LogP contribution < -0.4 is 16.0 Å². The summed E-state index contributed by atoms with van der Waals surface area (Å²) in [6.45, 7) is 0. The van der Waals surface area contributed by atoms with Crippen LogP contribution in [0.25, 0.3) is 11.4 Å². The zero-order chi connectivity index (χ0) is 12.3. The number of nitrogens with zero attached hydrogens (tertiary/aromatic N) is 2. The van der Waals surface area contributed by atoms with Crippen LogP contribution >= 0.6 is 15.9 Å². The minimum absolute atomic E-state index is 0.560. The average molecular weight is 295 g/mol. The first-order valence-electron chi connectivity index (χ1n) is 4.88. The Kier molecular flexibility index (Phi) is 3.55. The molecular weight excluding hydrogens is 284 g/mol. The molecule has 2 aromatic rings. The summed E-state index contributed by atoms with van der Waals surface area (Å²) in [7, 11) is 1.62. The Morgan fingerprint density at radius 1 is 1.35 bits per heavy atom. The normalized spacial score (nSPS) is 10.1. The minimum Gasteiger partial charge on any atom is -0.497 e. The van der Waals surface area contributed by atoms with Crippen LogP contribution in [0.1, 0.15) is 0 Å². The molecule has 0 spiro atoms. The lowest BCUT2D eigenvalue weighted by Crippen LogP contribution is -2.09. The number of hydrogen-bond donors (Lipinski definition) is 2. The Balaban J connectivity index is 2.50. The molecule has 0 saturated heterocycles. The molecule has 1 aromatic heterocycles. The van der Waals surface area contributed by atoms with Gasteiger partial charge >= 0.3 is 0 Å². The number of nitrogens with two attached hydrogens (primary N) is 1. The number of aromatic nitrogens is 2. The van der Waals surface area contributed by atoms with E-state index >= 15 is 0 Å². The van der Waals surface area contributed by atoms with Crippen LogP contribution in [-0.2, 0) is 0 Å². The third-order valence-electron chi connectivity index (χ3n) is 2.22. The third kappa shape index (κ3) is 2.54. The number of ether oxygens (including phenoxy) is 1. The molecule has 0 saturated carbocycles. The quantitative estimate of drug-likeness (QED) is 0.671. The Morgan fingerprint density at radius 3 is 2.88 bits per heavy atom. The van der Waals surface area contributed by atoms with Gasteiger partial charge in [0.2, 0.25) is 0 Å². The summed E-state index contributed by atoms with van der Waals surface area (Å²) < 4.78 is 6.07. The number of nitrogens with one attached hydrogen (secondary N) is 1. The van der Waals surface area contributed by atoms with E-state index in [1.165, 1.54) is 0 Å². The van der Waals surface area contributed by atoms with Crippen molar-refractivity contribution < 1.29 is 4.74 Å². The highest BCUT2D eigenvalue weighted by Crippen LogP contribution is 2.29. The molecule has 0 fully saturated rings. The molecule has 0 aliphatic heterocycles. The first-order valence-corrected chi connectivity index (χ1v) is 5.67. The van der Waals surface area contributed by atoms with Crippen LogP contribution in [0.5, 0.6) is 5.75 Å². The lowest BCUT2D eigenvalue weighted by atomic mass is 10.2. The standard InChI is InChI=1S/C11H11BrN4O/c1-17-7-2-3-9(12)8(6-7)11-14-5-4-10(15-11)16-13/h2-6H,13H2,1H3,(H,14,15,16). The van der Waals surface area contributed by atoms with Crippen LogP contribution in [0.15, 0.2) is 34.9 Å². The van der Waals surface area contributed by atoms with Crippen LogP contribution in [0, 0.1) is 0 Å². The lowest BCUT2D eigenvalue weighted by molar-refractivity contribution is 0.415. The van der Waals surface area contributed by atoms with Gasteiger partial charge in [-0.2, -0.15) is 0 Å². The maximum absolute atomic E-state index is 5.31. The van der Waals surface area contributed by atoms with E-state index in [2.05, 4.69) is 31.3 Å². The molecule has 1 heterocycles.